The number of rotatable bonds is 4. The van der Waals surface area contributed by atoms with Gasteiger partial charge in [-0.05, 0) is 49.6 Å². The number of fused-ring (bicyclic) bond motifs is 2. The Balaban J connectivity index is 1.50. The van der Waals surface area contributed by atoms with Gasteiger partial charge >= 0.3 is 0 Å². The van der Waals surface area contributed by atoms with Gasteiger partial charge in [0.1, 0.15) is 6.04 Å². The minimum atomic E-state index is -0.655. The monoisotopic (exact) mass is 466 g/mol. The molecule has 2 amide bonds. The van der Waals surface area contributed by atoms with Crippen LogP contribution in [-0.2, 0) is 29.5 Å². The van der Waals surface area contributed by atoms with E-state index < -0.39 is 6.04 Å². The predicted octanol–water partition coefficient (Wildman–Crippen LogP) is 3.77. The zero-order chi connectivity index (χ0) is 24.5. The molecule has 0 spiro atoms. The molecule has 1 atom stereocenters. The number of benzene rings is 3. The molecule has 3 aromatic carbocycles. The average Bonchev–Trinajstić information content (AvgIpc) is 2.87. The van der Waals surface area contributed by atoms with E-state index in [1.807, 2.05) is 61.5 Å². The van der Waals surface area contributed by atoms with Crippen LogP contribution >= 0.6 is 0 Å². The van der Waals surface area contributed by atoms with Crippen LogP contribution in [0.3, 0.4) is 0 Å². The zero-order valence-corrected chi connectivity index (χ0v) is 19.7. The first-order valence-electron chi connectivity index (χ1n) is 11.6. The molecule has 1 unspecified atom stereocenters. The van der Waals surface area contributed by atoms with Crippen LogP contribution in [0.1, 0.15) is 23.2 Å². The van der Waals surface area contributed by atoms with Gasteiger partial charge in [0.05, 0.1) is 17.5 Å². The Morgan fingerprint density at radius 3 is 2.43 bits per heavy atom. The highest BCUT2D eigenvalue weighted by Crippen LogP contribution is 2.32. The molecule has 0 fully saturated rings. The summed E-state index contributed by atoms with van der Waals surface area (Å²) in [6.07, 6.45) is 1.19. The van der Waals surface area contributed by atoms with E-state index in [0.717, 1.165) is 16.8 Å². The number of anilines is 2. The Hall–Kier alpha value is -4.26. The maximum absolute atomic E-state index is 13.8. The van der Waals surface area contributed by atoms with Gasteiger partial charge < -0.3 is 5.32 Å². The fourth-order valence-electron chi connectivity index (χ4n) is 4.70. The van der Waals surface area contributed by atoms with Crippen LogP contribution < -0.4 is 15.8 Å². The lowest BCUT2D eigenvalue weighted by Crippen LogP contribution is -2.51. The highest BCUT2D eigenvalue weighted by Gasteiger charge is 2.36. The van der Waals surface area contributed by atoms with Gasteiger partial charge in [-0.3, -0.25) is 19.3 Å². The number of hydrogen-bond acceptors (Lipinski definition) is 4. The van der Waals surface area contributed by atoms with E-state index >= 15 is 0 Å². The lowest BCUT2D eigenvalue weighted by atomic mass is 9.94. The maximum atomic E-state index is 13.8. The second-order valence-corrected chi connectivity index (χ2v) is 8.90. The molecule has 7 nitrogen and oxygen atoms in total. The summed E-state index contributed by atoms with van der Waals surface area (Å²) in [5, 5.41) is 8.53. The van der Waals surface area contributed by atoms with Crippen molar-refractivity contribution in [3.05, 3.63) is 100.0 Å². The van der Waals surface area contributed by atoms with Crippen molar-refractivity contribution in [3.63, 3.8) is 0 Å². The fraction of sp³-hybridized carbons (Fsp3) is 0.214. The highest BCUT2D eigenvalue weighted by molar-refractivity contribution is 6.07. The van der Waals surface area contributed by atoms with E-state index in [4.69, 9.17) is 0 Å². The van der Waals surface area contributed by atoms with Gasteiger partial charge in [0.25, 0.3) is 5.56 Å². The van der Waals surface area contributed by atoms with Gasteiger partial charge in [-0.1, -0.05) is 54.1 Å². The zero-order valence-electron chi connectivity index (χ0n) is 19.7. The average molecular weight is 467 g/mol. The topological polar surface area (TPSA) is 84.3 Å². The van der Waals surface area contributed by atoms with Crippen molar-refractivity contribution in [3.8, 4) is 0 Å². The van der Waals surface area contributed by atoms with Crippen molar-refractivity contribution in [1.82, 2.24) is 9.78 Å². The van der Waals surface area contributed by atoms with E-state index in [0.29, 0.717) is 35.0 Å². The Labute approximate surface area is 203 Å². The number of hydrogen-bond donors (Lipinski definition) is 1. The molecule has 5 rings (SSSR count). The van der Waals surface area contributed by atoms with Crippen molar-refractivity contribution < 1.29 is 9.59 Å². The summed E-state index contributed by atoms with van der Waals surface area (Å²) in [4.78, 5) is 41.3. The van der Waals surface area contributed by atoms with Crippen LogP contribution in [0, 0.1) is 6.92 Å². The third kappa shape index (κ3) is 4.33. The molecule has 2 heterocycles. The van der Waals surface area contributed by atoms with Crippen LogP contribution in [0.4, 0.5) is 11.4 Å². The first kappa shape index (κ1) is 22.5. The largest absolute Gasteiger partial charge is 0.324 e. The Kier molecular flexibility index (Phi) is 5.91. The first-order valence-corrected chi connectivity index (χ1v) is 11.6. The van der Waals surface area contributed by atoms with Gasteiger partial charge in [0.15, 0.2) is 0 Å². The van der Waals surface area contributed by atoms with Gasteiger partial charge in [-0.2, -0.15) is 5.10 Å². The summed E-state index contributed by atoms with van der Waals surface area (Å²) in [5.41, 5.74) is 3.85. The van der Waals surface area contributed by atoms with Crippen LogP contribution in [0.2, 0.25) is 0 Å². The molecule has 1 N–H and O–H groups in total. The molecular formula is C28H26N4O3. The molecule has 176 valence electrons. The van der Waals surface area contributed by atoms with Crippen LogP contribution in [0.15, 0.2) is 77.6 Å². The number of nitrogens with zero attached hydrogens (tertiary/aromatic N) is 3. The minimum absolute atomic E-state index is 0.0305. The molecule has 0 saturated carbocycles. The quantitative estimate of drug-likeness (QED) is 0.496. The Morgan fingerprint density at radius 2 is 1.66 bits per heavy atom. The molecule has 1 aliphatic rings. The van der Waals surface area contributed by atoms with Crippen molar-refractivity contribution in [2.24, 2.45) is 7.05 Å². The van der Waals surface area contributed by atoms with E-state index in [9.17, 15) is 14.4 Å². The van der Waals surface area contributed by atoms with E-state index in [1.54, 1.807) is 30.1 Å². The van der Waals surface area contributed by atoms with Crippen LogP contribution in [0.25, 0.3) is 10.8 Å². The predicted molar refractivity (Wildman–Crippen MR) is 137 cm³/mol. The van der Waals surface area contributed by atoms with E-state index in [1.165, 1.54) is 4.68 Å². The number of nitrogens with one attached hydrogen (secondary N) is 1. The van der Waals surface area contributed by atoms with Crippen molar-refractivity contribution in [2.75, 3.05) is 10.2 Å². The molecule has 1 aromatic heterocycles. The third-order valence-corrected chi connectivity index (χ3v) is 6.49. The van der Waals surface area contributed by atoms with Crippen molar-refractivity contribution in [1.29, 1.82) is 0 Å². The molecule has 0 saturated heterocycles. The number of para-hydroxylation sites is 1. The first-order chi connectivity index (χ1) is 16.9. The Morgan fingerprint density at radius 1 is 0.971 bits per heavy atom. The van der Waals surface area contributed by atoms with Crippen LogP contribution in [0.5, 0.6) is 0 Å². The molecule has 0 bridgehead atoms. The summed E-state index contributed by atoms with van der Waals surface area (Å²) in [6.45, 7) is 1.99. The molecule has 7 heteroatoms. The number of carbonyl (C=O) groups excluding carboxylic acids is 2. The summed E-state index contributed by atoms with van der Waals surface area (Å²) in [7, 11) is 1.58. The summed E-state index contributed by atoms with van der Waals surface area (Å²) >= 11 is 0. The second kappa shape index (κ2) is 9.18. The highest BCUT2D eigenvalue weighted by atomic mass is 16.2. The summed E-state index contributed by atoms with van der Waals surface area (Å²) in [5.74, 6) is -0.465. The molecule has 35 heavy (non-hydrogen) atoms. The lowest BCUT2D eigenvalue weighted by Gasteiger charge is -2.36. The maximum Gasteiger partial charge on any atom is 0.274 e. The van der Waals surface area contributed by atoms with Crippen molar-refractivity contribution >= 4 is 34.0 Å². The Bertz CT molecular complexity index is 1490. The third-order valence-electron chi connectivity index (χ3n) is 6.49. The standard InChI is InChI=1S/C28H26N4O3/c1-18-11-14-20(15-12-18)29-27(34)25-16-13-19-7-3-6-10-24(19)32(25)26(33)17-23-21-8-4-5-9-22(21)28(35)31(2)30-23/h3-12,14-15,25H,13,16-17H2,1-2H3,(H,29,34). The fourth-order valence-corrected chi connectivity index (χ4v) is 4.70. The van der Waals surface area contributed by atoms with Gasteiger partial charge in [-0.15, -0.1) is 0 Å². The number of aromatic nitrogens is 2. The second-order valence-electron chi connectivity index (χ2n) is 8.90. The molecule has 4 aromatic rings. The van der Waals surface area contributed by atoms with E-state index in [-0.39, 0.29) is 23.8 Å². The molecule has 1 aliphatic heterocycles. The summed E-state index contributed by atoms with van der Waals surface area (Å²) < 4.78 is 1.26. The summed E-state index contributed by atoms with van der Waals surface area (Å²) in [6, 6.07) is 21.8. The SMILES string of the molecule is Cc1ccc(NC(=O)C2CCc3ccccc3N2C(=O)Cc2nn(C)c(=O)c3ccccc23)cc1. The molecule has 0 aliphatic carbocycles. The number of amides is 2. The van der Waals surface area contributed by atoms with Crippen LogP contribution in [-0.4, -0.2) is 27.6 Å². The normalized spacial score (nSPS) is 15.0. The lowest BCUT2D eigenvalue weighted by molar-refractivity contribution is -0.123. The van der Waals surface area contributed by atoms with Gasteiger partial charge in [0.2, 0.25) is 11.8 Å². The minimum Gasteiger partial charge on any atom is -0.324 e. The number of carbonyl (C=O) groups is 2. The molecular weight excluding hydrogens is 440 g/mol. The van der Waals surface area contributed by atoms with Crippen molar-refractivity contribution in [2.45, 2.75) is 32.2 Å². The van der Waals surface area contributed by atoms with E-state index in [2.05, 4.69) is 10.4 Å². The van der Waals surface area contributed by atoms with Gasteiger partial charge in [0, 0.05) is 23.8 Å². The number of aryl methyl sites for hydroxylation is 3. The smallest absolute Gasteiger partial charge is 0.274 e. The molecule has 0 radical (unpaired) electrons. The van der Waals surface area contributed by atoms with Gasteiger partial charge in [-0.25, -0.2) is 4.68 Å².